The van der Waals surface area contributed by atoms with Gasteiger partial charge in [0.25, 0.3) is 0 Å². The molecule has 1 rings (SSSR count). The van der Waals surface area contributed by atoms with E-state index in [1.165, 1.54) is 6.33 Å². The molecular formula is C6H7ClFN3. The van der Waals surface area contributed by atoms with E-state index in [1.54, 1.807) is 0 Å². The van der Waals surface area contributed by atoms with Crippen LogP contribution in [0.3, 0.4) is 0 Å². The molecule has 0 atom stereocenters. The predicted octanol–water partition coefficient (Wildman–Crippen LogP) is 1.70. The Balaban J connectivity index is 2.96. The van der Waals surface area contributed by atoms with Crippen molar-refractivity contribution in [2.75, 3.05) is 11.9 Å². The third kappa shape index (κ3) is 1.77. The van der Waals surface area contributed by atoms with E-state index in [0.29, 0.717) is 6.54 Å². The summed E-state index contributed by atoms with van der Waals surface area (Å²) >= 11 is 5.38. The van der Waals surface area contributed by atoms with Gasteiger partial charge < -0.3 is 5.32 Å². The number of rotatable bonds is 2. The van der Waals surface area contributed by atoms with E-state index in [1.807, 2.05) is 6.92 Å². The summed E-state index contributed by atoms with van der Waals surface area (Å²) in [6, 6.07) is 0. The first-order valence-corrected chi connectivity index (χ1v) is 3.53. The fourth-order valence-electron chi connectivity index (χ4n) is 0.639. The number of aromatic nitrogens is 2. The maximum atomic E-state index is 12.9. The van der Waals surface area contributed by atoms with Crippen molar-refractivity contribution in [3.05, 3.63) is 17.3 Å². The van der Waals surface area contributed by atoms with Gasteiger partial charge in [-0.25, -0.2) is 9.97 Å². The summed E-state index contributed by atoms with van der Waals surface area (Å²) in [5.74, 6) is -0.455. The number of nitrogens with zero attached hydrogens (tertiary/aromatic N) is 2. The van der Waals surface area contributed by atoms with Crippen molar-refractivity contribution < 1.29 is 4.39 Å². The smallest absolute Gasteiger partial charge is 0.202 e. The van der Waals surface area contributed by atoms with Gasteiger partial charge in [0.15, 0.2) is 11.0 Å². The molecule has 0 radical (unpaired) electrons. The van der Waals surface area contributed by atoms with Crippen molar-refractivity contribution in [1.29, 1.82) is 0 Å². The van der Waals surface area contributed by atoms with Crippen molar-refractivity contribution >= 4 is 17.4 Å². The molecule has 0 bridgehead atoms. The molecule has 11 heavy (non-hydrogen) atoms. The van der Waals surface area contributed by atoms with Crippen LogP contribution in [0.2, 0.25) is 5.15 Å². The van der Waals surface area contributed by atoms with Gasteiger partial charge in [-0.3, -0.25) is 0 Å². The molecule has 0 aliphatic rings. The zero-order chi connectivity index (χ0) is 8.27. The number of nitrogens with one attached hydrogen (secondary N) is 1. The summed E-state index contributed by atoms with van der Waals surface area (Å²) in [4.78, 5) is 7.11. The highest BCUT2D eigenvalue weighted by molar-refractivity contribution is 6.29. The molecule has 0 aromatic carbocycles. The number of anilines is 1. The Kier molecular flexibility index (Phi) is 2.59. The van der Waals surface area contributed by atoms with Crippen LogP contribution in [-0.4, -0.2) is 16.5 Å². The Morgan fingerprint density at radius 3 is 3.00 bits per heavy atom. The Morgan fingerprint density at radius 2 is 2.36 bits per heavy atom. The van der Waals surface area contributed by atoms with Gasteiger partial charge in [0.1, 0.15) is 6.33 Å². The van der Waals surface area contributed by atoms with Crippen LogP contribution in [0.1, 0.15) is 6.92 Å². The number of hydrogen-bond donors (Lipinski definition) is 1. The minimum Gasteiger partial charge on any atom is -0.368 e. The normalized spacial score (nSPS) is 9.73. The zero-order valence-electron chi connectivity index (χ0n) is 5.93. The molecule has 0 saturated carbocycles. The minimum absolute atomic E-state index is 0.146. The third-order valence-corrected chi connectivity index (χ3v) is 1.35. The predicted molar refractivity (Wildman–Crippen MR) is 41.2 cm³/mol. The van der Waals surface area contributed by atoms with Crippen molar-refractivity contribution in [3.63, 3.8) is 0 Å². The Hall–Kier alpha value is -0.900. The molecule has 0 saturated heterocycles. The first-order valence-electron chi connectivity index (χ1n) is 3.15. The van der Waals surface area contributed by atoms with Gasteiger partial charge in [-0.1, -0.05) is 11.6 Å². The van der Waals surface area contributed by atoms with Gasteiger partial charge in [0, 0.05) is 6.54 Å². The summed E-state index contributed by atoms with van der Waals surface area (Å²) in [7, 11) is 0. The fourth-order valence-corrected chi connectivity index (χ4v) is 0.772. The molecule has 0 aliphatic heterocycles. The van der Waals surface area contributed by atoms with Crippen LogP contribution < -0.4 is 5.32 Å². The lowest BCUT2D eigenvalue weighted by atomic mass is 10.5. The van der Waals surface area contributed by atoms with Gasteiger partial charge in [-0.05, 0) is 6.92 Å². The van der Waals surface area contributed by atoms with Gasteiger partial charge in [-0.2, -0.15) is 4.39 Å². The van der Waals surface area contributed by atoms with E-state index in [-0.39, 0.29) is 11.0 Å². The quantitative estimate of drug-likeness (QED) is 0.696. The van der Waals surface area contributed by atoms with E-state index in [0.717, 1.165) is 0 Å². The minimum atomic E-state index is -0.601. The molecule has 5 heteroatoms. The first-order chi connectivity index (χ1) is 5.25. The van der Waals surface area contributed by atoms with E-state index in [4.69, 9.17) is 11.6 Å². The average molecular weight is 176 g/mol. The summed E-state index contributed by atoms with van der Waals surface area (Å²) in [6.07, 6.45) is 1.21. The van der Waals surface area contributed by atoms with Crippen molar-refractivity contribution in [2.45, 2.75) is 6.92 Å². The molecule has 60 valence electrons. The van der Waals surface area contributed by atoms with E-state index >= 15 is 0 Å². The van der Waals surface area contributed by atoms with Crippen LogP contribution in [-0.2, 0) is 0 Å². The molecule has 0 unspecified atom stereocenters. The number of halogens is 2. The standard InChI is InChI=1S/C6H7ClFN3/c1-2-9-6-4(8)5(7)10-3-11-6/h3H,2H2,1H3,(H,9,10,11). The monoisotopic (exact) mass is 175 g/mol. The van der Waals surface area contributed by atoms with Crippen molar-refractivity contribution in [3.8, 4) is 0 Å². The van der Waals surface area contributed by atoms with E-state index in [9.17, 15) is 4.39 Å². The lowest BCUT2D eigenvalue weighted by Crippen LogP contribution is -2.02. The summed E-state index contributed by atoms with van der Waals surface area (Å²) in [6.45, 7) is 2.44. The molecule has 1 aromatic heterocycles. The van der Waals surface area contributed by atoms with Crippen LogP contribution in [0.5, 0.6) is 0 Å². The molecule has 0 aliphatic carbocycles. The zero-order valence-corrected chi connectivity index (χ0v) is 6.69. The largest absolute Gasteiger partial charge is 0.368 e. The fraction of sp³-hybridized carbons (Fsp3) is 0.333. The second kappa shape index (κ2) is 3.48. The van der Waals surface area contributed by atoms with Gasteiger partial charge in [0.2, 0.25) is 5.82 Å². The average Bonchev–Trinajstić information content (AvgIpc) is 1.99. The second-order valence-electron chi connectivity index (χ2n) is 1.86. The highest BCUT2D eigenvalue weighted by Gasteiger charge is 2.06. The van der Waals surface area contributed by atoms with Gasteiger partial charge >= 0.3 is 0 Å². The van der Waals surface area contributed by atoms with Crippen LogP contribution >= 0.6 is 11.6 Å². The molecule has 1 heterocycles. The molecule has 1 N–H and O–H groups in total. The van der Waals surface area contributed by atoms with Gasteiger partial charge in [0.05, 0.1) is 0 Å². The molecule has 1 aromatic rings. The molecule has 3 nitrogen and oxygen atoms in total. The topological polar surface area (TPSA) is 37.8 Å². The number of hydrogen-bond acceptors (Lipinski definition) is 3. The lowest BCUT2D eigenvalue weighted by molar-refractivity contribution is 0.617. The summed E-state index contributed by atoms with van der Waals surface area (Å²) < 4.78 is 12.9. The van der Waals surface area contributed by atoms with Crippen molar-refractivity contribution in [2.24, 2.45) is 0 Å². The molecule has 0 amide bonds. The highest BCUT2D eigenvalue weighted by Crippen LogP contribution is 2.15. The van der Waals surface area contributed by atoms with Crippen LogP contribution in [0, 0.1) is 5.82 Å². The van der Waals surface area contributed by atoms with Crippen LogP contribution in [0.15, 0.2) is 6.33 Å². The summed E-state index contributed by atoms with van der Waals surface area (Å²) in [5.41, 5.74) is 0. The van der Waals surface area contributed by atoms with Crippen molar-refractivity contribution in [1.82, 2.24) is 9.97 Å². The van der Waals surface area contributed by atoms with E-state index in [2.05, 4.69) is 15.3 Å². The lowest BCUT2D eigenvalue weighted by Gasteiger charge is -2.02. The Labute approximate surface area is 68.6 Å². The Morgan fingerprint density at radius 1 is 1.64 bits per heavy atom. The SMILES string of the molecule is CCNc1ncnc(Cl)c1F. The maximum Gasteiger partial charge on any atom is 0.202 e. The van der Waals surface area contributed by atoms with Crippen LogP contribution in [0.4, 0.5) is 10.2 Å². The molecular weight excluding hydrogens is 169 g/mol. The third-order valence-electron chi connectivity index (χ3n) is 1.09. The highest BCUT2D eigenvalue weighted by atomic mass is 35.5. The van der Waals surface area contributed by atoms with Gasteiger partial charge in [-0.15, -0.1) is 0 Å². The molecule has 0 fully saturated rings. The maximum absolute atomic E-state index is 12.9. The summed E-state index contributed by atoms with van der Waals surface area (Å²) in [5, 5.41) is 2.55. The van der Waals surface area contributed by atoms with Crippen LogP contribution in [0.25, 0.3) is 0 Å². The first kappa shape index (κ1) is 8.20. The van der Waals surface area contributed by atoms with E-state index < -0.39 is 5.82 Å². The molecule has 0 spiro atoms. The second-order valence-corrected chi connectivity index (χ2v) is 2.22. The Bertz CT molecular complexity index is 254.